The van der Waals surface area contributed by atoms with Gasteiger partial charge in [0.25, 0.3) is 0 Å². The number of nitrogens with two attached hydrogens (primary N) is 1. The van der Waals surface area contributed by atoms with Crippen molar-refractivity contribution in [1.82, 2.24) is 9.97 Å². The van der Waals surface area contributed by atoms with E-state index in [-0.39, 0.29) is 0 Å². The highest BCUT2D eigenvalue weighted by molar-refractivity contribution is 5.79. The van der Waals surface area contributed by atoms with Crippen LogP contribution in [0.5, 0.6) is 0 Å². The van der Waals surface area contributed by atoms with Crippen molar-refractivity contribution in [1.29, 1.82) is 0 Å². The molecule has 0 aliphatic heterocycles. The van der Waals surface area contributed by atoms with Crippen LogP contribution in [-0.2, 0) is 0 Å². The van der Waals surface area contributed by atoms with Crippen molar-refractivity contribution < 1.29 is 0 Å². The van der Waals surface area contributed by atoms with Crippen molar-refractivity contribution in [3.05, 3.63) is 17.6 Å². The van der Waals surface area contributed by atoms with E-state index in [0.29, 0.717) is 11.7 Å². The highest BCUT2D eigenvalue weighted by Gasteiger charge is 1.96. The molecule has 0 fully saturated rings. The summed E-state index contributed by atoms with van der Waals surface area (Å²) in [4.78, 5) is 12.3. The molecule has 4 heteroatoms. The Hall–Kier alpha value is -1.45. The molecule has 1 heterocycles. The Morgan fingerprint density at radius 3 is 2.58 bits per heavy atom. The quantitative estimate of drug-likeness (QED) is 0.499. The Bertz CT molecular complexity index is 313. The fourth-order valence-corrected chi connectivity index (χ4v) is 0.764. The molecule has 2 N–H and O–H groups in total. The van der Waals surface area contributed by atoms with Crippen LogP contribution < -0.4 is 5.73 Å². The van der Waals surface area contributed by atoms with Gasteiger partial charge in [0.2, 0.25) is 0 Å². The molecule has 0 spiro atoms. The number of aromatic nitrogens is 2. The number of hydrogen-bond acceptors (Lipinski definition) is 3. The molecule has 0 radical (unpaired) electrons. The van der Waals surface area contributed by atoms with Crippen LogP contribution in [0.25, 0.3) is 0 Å². The molecule has 1 aromatic rings. The SMILES string of the molecule is C/C(N)=N/c1cnc(C)c(C)n1. The molecule has 0 atom stereocenters. The minimum atomic E-state index is 0.493. The Balaban J connectivity index is 3.05. The molecule has 0 aliphatic carbocycles. The van der Waals surface area contributed by atoms with Crippen LogP contribution in [0.15, 0.2) is 11.2 Å². The third-order valence-corrected chi connectivity index (χ3v) is 1.47. The third kappa shape index (κ3) is 2.02. The largest absolute Gasteiger partial charge is 0.387 e. The molecule has 12 heavy (non-hydrogen) atoms. The molecular weight excluding hydrogens is 152 g/mol. The van der Waals surface area contributed by atoms with Crippen molar-refractivity contribution in [2.45, 2.75) is 20.8 Å². The zero-order chi connectivity index (χ0) is 9.14. The molecule has 64 valence electrons. The van der Waals surface area contributed by atoms with Crippen molar-refractivity contribution in [3.8, 4) is 0 Å². The number of aryl methyl sites for hydroxylation is 2. The number of rotatable bonds is 1. The predicted molar refractivity (Wildman–Crippen MR) is 48.5 cm³/mol. The van der Waals surface area contributed by atoms with Gasteiger partial charge in [0.15, 0.2) is 5.82 Å². The second kappa shape index (κ2) is 3.30. The number of nitrogens with zero attached hydrogens (tertiary/aromatic N) is 3. The summed E-state index contributed by atoms with van der Waals surface area (Å²) in [5, 5.41) is 0. The lowest BCUT2D eigenvalue weighted by Crippen LogP contribution is -2.04. The molecule has 0 bridgehead atoms. The van der Waals surface area contributed by atoms with Crippen LogP contribution in [0.3, 0.4) is 0 Å². The summed E-state index contributed by atoms with van der Waals surface area (Å²) in [6.07, 6.45) is 1.61. The Morgan fingerprint density at radius 2 is 2.08 bits per heavy atom. The van der Waals surface area contributed by atoms with E-state index < -0.39 is 0 Å². The number of aliphatic imine (C=N–C) groups is 1. The van der Waals surface area contributed by atoms with E-state index in [1.54, 1.807) is 13.1 Å². The average molecular weight is 164 g/mol. The second-order valence-electron chi connectivity index (χ2n) is 2.65. The van der Waals surface area contributed by atoms with Crippen molar-refractivity contribution in [2.75, 3.05) is 0 Å². The fraction of sp³-hybridized carbons (Fsp3) is 0.375. The maximum absolute atomic E-state index is 5.39. The van der Waals surface area contributed by atoms with Gasteiger partial charge in [-0.05, 0) is 20.8 Å². The van der Waals surface area contributed by atoms with Crippen molar-refractivity contribution >= 4 is 11.7 Å². The molecule has 0 unspecified atom stereocenters. The van der Waals surface area contributed by atoms with E-state index in [2.05, 4.69) is 15.0 Å². The molecule has 1 aromatic heterocycles. The maximum atomic E-state index is 5.39. The number of amidine groups is 1. The fourth-order valence-electron chi connectivity index (χ4n) is 0.764. The van der Waals surface area contributed by atoms with E-state index >= 15 is 0 Å². The van der Waals surface area contributed by atoms with E-state index in [0.717, 1.165) is 11.4 Å². The lowest BCUT2D eigenvalue weighted by Gasteiger charge is -1.98. The van der Waals surface area contributed by atoms with Crippen LogP contribution in [0, 0.1) is 13.8 Å². The van der Waals surface area contributed by atoms with Gasteiger partial charge in [-0.2, -0.15) is 0 Å². The highest BCUT2D eigenvalue weighted by atomic mass is 15.0. The molecule has 0 aliphatic rings. The van der Waals surface area contributed by atoms with Gasteiger partial charge in [0, 0.05) is 0 Å². The lowest BCUT2D eigenvalue weighted by molar-refractivity contribution is 1.04. The second-order valence-corrected chi connectivity index (χ2v) is 2.65. The van der Waals surface area contributed by atoms with Gasteiger partial charge in [-0.15, -0.1) is 0 Å². The molecule has 0 saturated heterocycles. The first kappa shape index (κ1) is 8.64. The van der Waals surface area contributed by atoms with Gasteiger partial charge in [-0.3, -0.25) is 4.98 Å². The summed E-state index contributed by atoms with van der Waals surface area (Å²) in [5.74, 6) is 1.06. The van der Waals surface area contributed by atoms with E-state index in [1.807, 2.05) is 13.8 Å². The molecule has 0 amide bonds. The molecule has 0 aromatic carbocycles. The zero-order valence-electron chi connectivity index (χ0n) is 7.50. The first-order chi connectivity index (χ1) is 5.59. The Labute approximate surface area is 71.6 Å². The minimum absolute atomic E-state index is 0.493. The topological polar surface area (TPSA) is 64.2 Å². The summed E-state index contributed by atoms with van der Waals surface area (Å²) in [7, 11) is 0. The standard InChI is InChI=1S/C8H12N4/c1-5-6(2)11-8(4-10-5)12-7(3)9/h4H,1-3H3,(H2,9,11,12). The summed E-state index contributed by atoms with van der Waals surface area (Å²) >= 11 is 0. The summed E-state index contributed by atoms with van der Waals surface area (Å²) in [6, 6.07) is 0. The first-order valence-electron chi connectivity index (χ1n) is 3.70. The lowest BCUT2D eigenvalue weighted by atomic mass is 10.3. The van der Waals surface area contributed by atoms with Crippen molar-refractivity contribution in [3.63, 3.8) is 0 Å². The highest BCUT2D eigenvalue weighted by Crippen LogP contribution is 2.08. The third-order valence-electron chi connectivity index (χ3n) is 1.47. The smallest absolute Gasteiger partial charge is 0.172 e. The van der Waals surface area contributed by atoms with Gasteiger partial charge in [-0.25, -0.2) is 9.98 Å². The van der Waals surface area contributed by atoms with E-state index in [4.69, 9.17) is 5.73 Å². The molecular formula is C8H12N4. The summed E-state index contributed by atoms with van der Waals surface area (Å²) < 4.78 is 0. The number of hydrogen-bond donors (Lipinski definition) is 1. The summed E-state index contributed by atoms with van der Waals surface area (Å²) in [6.45, 7) is 5.52. The van der Waals surface area contributed by atoms with Gasteiger partial charge in [0.05, 0.1) is 23.4 Å². The van der Waals surface area contributed by atoms with Gasteiger partial charge >= 0.3 is 0 Å². The average Bonchev–Trinajstić information content (AvgIpc) is 1.96. The van der Waals surface area contributed by atoms with Crippen LogP contribution in [0.1, 0.15) is 18.3 Å². The van der Waals surface area contributed by atoms with Crippen LogP contribution >= 0.6 is 0 Å². The van der Waals surface area contributed by atoms with Crippen molar-refractivity contribution in [2.24, 2.45) is 10.7 Å². The molecule has 0 saturated carbocycles. The first-order valence-corrected chi connectivity index (χ1v) is 3.70. The van der Waals surface area contributed by atoms with Gasteiger partial charge in [-0.1, -0.05) is 0 Å². The van der Waals surface area contributed by atoms with Gasteiger partial charge < -0.3 is 5.73 Å². The predicted octanol–water partition coefficient (Wildman–Crippen LogP) is 1.10. The molecule has 4 nitrogen and oxygen atoms in total. The normalized spacial score (nSPS) is 11.8. The van der Waals surface area contributed by atoms with Crippen LogP contribution in [0.2, 0.25) is 0 Å². The van der Waals surface area contributed by atoms with Crippen LogP contribution in [-0.4, -0.2) is 15.8 Å². The van der Waals surface area contributed by atoms with E-state index in [9.17, 15) is 0 Å². The minimum Gasteiger partial charge on any atom is -0.387 e. The summed E-state index contributed by atoms with van der Waals surface area (Å²) in [5.41, 5.74) is 7.20. The van der Waals surface area contributed by atoms with Crippen LogP contribution in [0.4, 0.5) is 5.82 Å². The zero-order valence-corrected chi connectivity index (χ0v) is 7.50. The van der Waals surface area contributed by atoms with E-state index in [1.165, 1.54) is 0 Å². The monoisotopic (exact) mass is 164 g/mol. The Morgan fingerprint density at radius 1 is 1.42 bits per heavy atom. The maximum Gasteiger partial charge on any atom is 0.172 e. The Kier molecular flexibility index (Phi) is 2.38. The van der Waals surface area contributed by atoms with Gasteiger partial charge in [0.1, 0.15) is 0 Å². The molecule has 1 rings (SSSR count).